The molecule has 0 aliphatic carbocycles. The molecule has 0 radical (unpaired) electrons. The monoisotopic (exact) mass is 529 g/mol. The van der Waals surface area contributed by atoms with Gasteiger partial charge in [-0.05, 0) is 24.6 Å². The average molecular weight is 529 g/mol. The van der Waals surface area contributed by atoms with E-state index in [1.54, 1.807) is 11.8 Å². The number of hydrogen-bond acceptors (Lipinski definition) is 5. The Morgan fingerprint density at radius 1 is 1.37 bits per heavy atom. The first-order valence-electron chi connectivity index (χ1n) is 10.0. The van der Waals surface area contributed by atoms with Crippen LogP contribution in [-0.4, -0.2) is 67.2 Å². The zero-order chi connectivity index (χ0) is 20.5. The van der Waals surface area contributed by atoms with Crippen LogP contribution in [0.1, 0.15) is 24.2 Å². The highest BCUT2D eigenvalue weighted by Crippen LogP contribution is 2.22. The molecule has 3 rings (SSSR count). The van der Waals surface area contributed by atoms with Crippen molar-refractivity contribution in [3.8, 4) is 5.75 Å². The molecule has 1 atom stereocenters. The van der Waals surface area contributed by atoms with Gasteiger partial charge in [-0.3, -0.25) is 4.68 Å². The molecule has 1 aliphatic heterocycles. The van der Waals surface area contributed by atoms with Gasteiger partial charge >= 0.3 is 0 Å². The number of guanidine groups is 1. The van der Waals surface area contributed by atoms with Crippen LogP contribution in [0.2, 0.25) is 0 Å². The lowest BCUT2D eigenvalue weighted by Crippen LogP contribution is -2.48. The van der Waals surface area contributed by atoms with Crippen LogP contribution in [0, 0.1) is 0 Å². The number of aliphatic imine (C=N–C) groups is 1. The average Bonchev–Trinajstić information content (AvgIpc) is 3.18. The molecule has 0 bridgehead atoms. The van der Waals surface area contributed by atoms with Crippen molar-refractivity contribution < 1.29 is 14.2 Å². The molecule has 1 aromatic carbocycles. The van der Waals surface area contributed by atoms with Gasteiger partial charge in [0.15, 0.2) is 5.96 Å². The first-order chi connectivity index (χ1) is 14.2. The second kappa shape index (κ2) is 12.8. The molecule has 1 saturated heterocycles. The third kappa shape index (κ3) is 7.13. The summed E-state index contributed by atoms with van der Waals surface area (Å²) in [6.07, 6.45) is 3.87. The van der Waals surface area contributed by atoms with Crippen LogP contribution in [0.25, 0.3) is 0 Å². The Labute approximate surface area is 195 Å². The van der Waals surface area contributed by atoms with Gasteiger partial charge in [-0.25, -0.2) is 4.99 Å². The van der Waals surface area contributed by atoms with Crippen LogP contribution in [0.5, 0.6) is 5.75 Å². The first-order valence-corrected chi connectivity index (χ1v) is 10.0. The molecule has 166 valence electrons. The Morgan fingerprint density at radius 3 is 2.97 bits per heavy atom. The largest absolute Gasteiger partial charge is 0.491 e. The Kier molecular flexibility index (Phi) is 10.4. The summed E-state index contributed by atoms with van der Waals surface area (Å²) in [6, 6.07) is 8.04. The molecule has 0 amide bonds. The maximum atomic E-state index is 5.96. The fraction of sp³-hybridized carbons (Fsp3) is 0.524. The molecule has 1 unspecified atom stereocenters. The Morgan fingerprint density at radius 2 is 2.23 bits per heavy atom. The fourth-order valence-electron chi connectivity index (χ4n) is 3.22. The molecule has 2 heterocycles. The van der Waals surface area contributed by atoms with Gasteiger partial charge in [0.25, 0.3) is 0 Å². The van der Waals surface area contributed by atoms with Crippen LogP contribution in [0.3, 0.4) is 0 Å². The van der Waals surface area contributed by atoms with Crippen LogP contribution in [0.15, 0.2) is 41.7 Å². The fourth-order valence-corrected chi connectivity index (χ4v) is 3.22. The van der Waals surface area contributed by atoms with E-state index < -0.39 is 0 Å². The molecule has 2 aromatic rings. The third-order valence-electron chi connectivity index (χ3n) is 4.66. The van der Waals surface area contributed by atoms with Gasteiger partial charge in [0.05, 0.1) is 32.5 Å². The van der Waals surface area contributed by atoms with Gasteiger partial charge < -0.3 is 24.4 Å². The first kappa shape index (κ1) is 24.4. The van der Waals surface area contributed by atoms with Crippen molar-refractivity contribution in [2.45, 2.75) is 19.6 Å². The van der Waals surface area contributed by atoms with E-state index >= 15 is 0 Å². The van der Waals surface area contributed by atoms with E-state index in [1.165, 1.54) is 0 Å². The van der Waals surface area contributed by atoms with Crippen molar-refractivity contribution in [3.63, 3.8) is 0 Å². The van der Waals surface area contributed by atoms with Crippen LogP contribution < -0.4 is 10.1 Å². The van der Waals surface area contributed by atoms with E-state index in [4.69, 9.17) is 19.2 Å². The number of nitrogens with one attached hydrogen (secondary N) is 1. The molecule has 30 heavy (non-hydrogen) atoms. The van der Waals surface area contributed by atoms with Crippen molar-refractivity contribution in [2.24, 2.45) is 12.0 Å². The van der Waals surface area contributed by atoms with E-state index in [0.29, 0.717) is 26.4 Å². The Hall–Kier alpha value is -1.85. The highest BCUT2D eigenvalue weighted by atomic mass is 127. The lowest BCUT2D eigenvalue weighted by molar-refractivity contribution is -0.00805. The second-order valence-corrected chi connectivity index (χ2v) is 6.91. The summed E-state index contributed by atoms with van der Waals surface area (Å²) >= 11 is 0. The number of hydrogen-bond donors (Lipinski definition) is 1. The number of benzene rings is 1. The van der Waals surface area contributed by atoms with Gasteiger partial charge in [0, 0.05) is 39.0 Å². The molecule has 1 aromatic heterocycles. The van der Waals surface area contributed by atoms with Crippen molar-refractivity contribution in [3.05, 3.63) is 47.8 Å². The molecule has 1 fully saturated rings. The number of methoxy groups -OCH3 is 1. The maximum absolute atomic E-state index is 5.96. The second-order valence-electron chi connectivity index (χ2n) is 6.91. The maximum Gasteiger partial charge on any atom is 0.194 e. The summed E-state index contributed by atoms with van der Waals surface area (Å²) in [4.78, 5) is 7.11. The minimum Gasteiger partial charge on any atom is -0.491 e. The number of ether oxygens (including phenoxy) is 3. The minimum atomic E-state index is -0.00109. The number of rotatable bonds is 8. The molecule has 8 nitrogen and oxygen atoms in total. The summed E-state index contributed by atoms with van der Waals surface area (Å²) in [5, 5.41) is 7.67. The topological polar surface area (TPSA) is 73.1 Å². The predicted molar refractivity (Wildman–Crippen MR) is 128 cm³/mol. The molecule has 9 heteroatoms. The quantitative estimate of drug-likeness (QED) is 0.246. The van der Waals surface area contributed by atoms with Crippen LogP contribution >= 0.6 is 24.0 Å². The van der Waals surface area contributed by atoms with E-state index in [2.05, 4.69) is 28.3 Å². The van der Waals surface area contributed by atoms with E-state index in [1.807, 2.05) is 37.6 Å². The number of nitrogens with zero attached hydrogens (tertiary/aromatic N) is 4. The SMILES string of the molecule is CCNC(=NCc1cccc(OCCOC)c1)N1CCOC(c2cnn(C)c2)C1.I. The summed E-state index contributed by atoms with van der Waals surface area (Å²) in [7, 11) is 3.59. The van der Waals surface area contributed by atoms with Crippen LogP contribution in [0.4, 0.5) is 0 Å². The molecule has 0 spiro atoms. The minimum absolute atomic E-state index is 0. The van der Waals surface area contributed by atoms with E-state index in [0.717, 1.165) is 42.5 Å². The Bertz CT molecular complexity index is 798. The van der Waals surface area contributed by atoms with Crippen molar-refractivity contribution in [1.82, 2.24) is 20.0 Å². The van der Waals surface area contributed by atoms with E-state index in [9.17, 15) is 0 Å². The summed E-state index contributed by atoms with van der Waals surface area (Å²) in [5.74, 6) is 1.73. The van der Waals surface area contributed by atoms with Crippen molar-refractivity contribution in [2.75, 3.05) is 46.6 Å². The zero-order valence-corrected chi connectivity index (χ0v) is 20.2. The standard InChI is InChI=1S/C21H31N5O3.HI/c1-4-22-21(23-13-17-6-5-7-19(12-17)28-11-10-27-3)26-8-9-29-20(16-26)18-14-24-25(2)15-18;/h5-7,12,14-15,20H,4,8-11,13,16H2,1-3H3,(H,22,23);1H. The highest BCUT2D eigenvalue weighted by Gasteiger charge is 2.25. The lowest BCUT2D eigenvalue weighted by Gasteiger charge is -2.34. The van der Waals surface area contributed by atoms with E-state index in [-0.39, 0.29) is 30.1 Å². The van der Waals surface area contributed by atoms with Crippen molar-refractivity contribution >= 4 is 29.9 Å². The van der Waals surface area contributed by atoms with Gasteiger partial charge in [-0.1, -0.05) is 12.1 Å². The zero-order valence-electron chi connectivity index (χ0n) is 17.9. The summed E-state index contributed by atoms with van der Waals surface area (Å²) in [5.41, 5.74) is 2.20. The van der Waals surface area contributed by atoms with Gasteiger partial charge in [0.1, 0.15) is 18.5 Å². The Balaban J connectivity index is 0.00000320. The number of halogens is 1. The summed E-state index contributed by atoms with van der Waals surface area (Å²) in [6.45, 7) is 6.80. The van der Waals surface area contributed by atoms with Crippen molar-refractivity contribution in [1.29, 1.82) is 0 Å². The molecular weight excluding hydrogens is 497 g/mol. The van der Waals surface area contributed by atoms with Crippen LogP contribution in [-0.2, 0) is 23.1 Å². The number of morpholine rings is 1. The normalized spacial score (nSPS) is 16.8. The van der Waals surface area contributed by atoms with Gasteiger partial charge in [-0.15, -0.1) is 24.0 Å². The third-order valence-corrected chi connectivity index (χ3v) is 4.66. The highest BCUT2D eigenvalue weighted by molar-refractivity contribution is 14.0. The number of aryl methyl sites for hydroxylation is 1. The molecule has 0 saturated carbocycles. The van der Waals surface area contributed by atoms with Gasteiger partial charge in [0.2, 0.25) is 0 Å². The van der Waals surface area contributed by atoms with Gasteiger partial charge in [-0.2, -0.15) is 5.10 Å². The predicted octanol–water partition coefficient (Wildman–Crippen LogP) is 2.60. The molecule has 1 aliphatic rings. The lowest BCUT2D eigenvalue weighted by atomic mass is 10.1. The summed E-state index contributed by atoms with van der Waals surface area (Å²) < 4.78 is 18.5. The molecule has 1 N–H and O–H groups in total. The number of aromatic nitrogens is 2. The smallest absolute Gasteiger partial charge is 0.194 e. The molecular formula is C21H32IN5O3.